The topological polar surface area (TPSA) is 178 Å². The van der Waals surface area contributed by atoms with Crippen molar-refractivity contribution < 1.29 is 41.8 Å². The third-order valence-electron chi connectivity index (χ3n) is 7.70. The maximum atomic E-state index is 14.1. The van der Waals surface area contributed by atoms with Crippen molar-refractivity contribution in [2.75, 3.05) is 35.3 Å². The van der Waals surface area contributed by atoms with E-state index in [1.807, 2.05) is 39.0 Å². The fourth-order valence-corrected chi connectivity index (χ4v) is 5.88. The highest BCUT2D eigenvalue weighted by Gasteiger charge is 2.32. The molecule has 0 saturated carbocycles. The fraction of sp³-hybridized carbons (Fsp3) is 0.263. The molecule has 53 heavy (non-hydrogen) atoms. The molecule has 0 saturated heterocycles. The summed E-state index contributed by atoms with van der Waals surface area (Å²) in [4.78, 5) is 53.8. The largest absolute Gasteiger partial charge is 0.495 e. The molecule has 0 aliphatic carbocycles. The first-order chi connectivity index (χ1) is 25.1. The maximum Gasteiger partial charge on any atom is 0.273 e. The van der Waals surface area contributed by atoms with E-state index in [4.69, 9.17) is 25.8 Å². The molecule has 13 nitrogen and oxygen atoms in total. The molecule has 0 radical (unpaired) electrons. The molecule has 0 heterocycles. The van der Waals surface area contributed by atoms with Gasteiger partial charge in [0, 0.05) is 29.4 Å². The molecular weight excluding hydrogens is 724 g/mol. The van der Waals surface area contributed by atoms with Crippen LogP contribution >= 0.6 is 11.6 Å². The molecule has 2 atom stereocenters. The van der Waals surface area contributed by atoms with Gasteiger partial charge in [0.2, 0.25) is 21.9 Å². The van der Waals surface area contributed by atoms with Crippen molar-refractivity contribution in [3.8, 4) is 17.2 Å². The van der Waals surface area contributed by atoms with Crippen molar-refractivity contribution in [2.24, 2.45) is 0 Å². The quantitative estimate of drug-likeness (QED) is 0.0769. The van der Waals surface area contributed by atoms with Gasteiger partial charge in [0.1, 0.15) is 17.2 Å². The third kappa shape index (κ3) is 10.9. The Bertz CT molecular complexity index is 2120. The molecule has 4 aromatic rings. The number of aryl methyl sites for hydroxylation is 2. The Hall–Kier alpha value is -5.60. The number of carbonyl (C=O) groups excluding carboxylic acids is 4. The molecule has 4 rings (SSSR count). The lowest BCUT2D eigenvalue weighted by molar-refractivity contribution is -0.123. The van der Waals surface area contributed by atoms with Crippen molar-refractivity contribution in [3.05, 3.63) is 106 Å². The number of hydrogen-bond acceptors (Lipinski definition) is 9. The molecule has 15 heteroatoms. The van der Waals surface area contributed by atoms with Gasteiger partial charge in [-0.3, -0.25) is 23.9 Å². The Morgan fingerprint density at radius 1 is 0.792 bits per heavy atom. The van der Waals surface area contributed by atoms with Gasteiger partial charge < -0.3 is 30.2 Å². The lowest BCUT2D eigenvalue weighted by Gasteiger charge is -2.21. The van der Waals surface area contributed by atoms with Gasteiger partial charge in [-0.15, -0.1) is 0 Å². The summed E-state index contributed by atoms with van der Waals surface area (Å²) in [5.74, 6) is -1.92. The zero-order valence-electron chi connectivity index (χ0n) is 30.0. The predicted octanol–water partition coefficient (Wildman–Crippen LogP) is 6.15. The lowest BCUT2D eigenvalue weighted by Crippen LogP contribution is -2.40. The zero-order valence-corrected chi connectivity index (χ0v) is 31.6. The molecule has 2 unspecified atom stereocenters. The first-order valence-electron chi connectivity index (χ1n) is 16.5. The summed E-state index contributed by atoms with van der Waals surface area (Å²) in [6.07, 6.45) is -1.40. The maximum absolute atomic E-state index is 14.1. The molecular formula is C38H41ClN4O9S. The van der Waals surface area contributed by atoms with Crippen LogP contribution in [0.15, 0.2) is 78.9 Å². The van der Waals surface area contributed by atoms with E-state index in [0.29, 0.717) is 24.4 Å². The van der Waals surface area contributed by atoms with Crippen molar-refractivity contribution in [1.82, 2.24) is 5.32 Å². The number of ketones is 1. The van der Waals surface area contributed by atoms with Gasteiger partial charge in [-0.2, -0.15) is 0 Å². The Labute approximate surface area is 313 Å². The number of rotatable bonds is 16. The number of benzene rings is 4. The molecule has 0 fully saturated rings. The number of Topliss-reactive ketones (excluding diaryl/α,β-unsaturated/α-hetero) is 1. The molecule has 3 amide bonds. The number of hydrogen-bond donors (Lipinski definition) is 4. The van der Waals surface area contributed by atoms with Gasteiger partial charge in [0.15, 0.2) is 6.10 Å². The molecule has 0 aliphatic rings. The second kappa shape index (κ2) is 17.8. The second-order valence-electron chi connectivity index (χ2n) is 12.0. The van der Waals surface area contributed by atoms with Crippen molar-refractivity contribution in [2.45, 2.75) is 46.3 Å². The first-order valence-corrected chi connectivity index (χ1v) is 18.8. The molecule has 4 aromatic carbocycles. The average molecular weight is 765 g/mol. The highest BCUT2D eigenvalue weighted by Crippen LogP contribution is 2.29. The number of halogens is 1. The van der Waals surface area contributed by atoms with E-state index >= 15 is 0 Å². The summed E-state index contributed by atoms with van der Waals surface area (Å²) in [6, 6.07) is 19.9. The lowest BCUT2D eigenvalue weighted by atomic mass is 10.0. The van der Waals surface area contributed by atoms with Gasteiger partial charge in [0.05, 0.1) is 29.8 Å². The number of nitrogens with one attached hydrogen (secondary N) is 4. The summed E-state index contributed by atoms with van der Waals surface area (Å²) in [5.41, 5.74) is 2.33. The normalized spacial score (nSPS) is 12.1. The number of carbonyl (C=O) groups is 4. The summed E-state index contributed by atoms with van der Waals surface area (Å²) < 4.78 is 43.7. The summed E-state index contributed by atoms with van der Waals surface area (Å²) in [7, 11) is -2.46. The summed E-state index contributed by atoms with van der Waals surface area (Å²) >= 11 is 6.37. The van der Waals surface area contributed by atoms with Crippen LogP contribution in [0.4, 0.5) is 17.1 Å². The molecule has 0 spiro atoms. The van der Waals surface area contributed by atoms with Crippen LogP contribution in [0.25, 0.3) is 0 Å². The van der Waals surface area contributed by atoms with Crippen LogP contribution < -0.4 is 34.9 Å². The van der Waals surface area contributed by atoms with Gasteiger partial charge in [-0.25, -0.2) is 8.42 Å². The molecule has 4 N–H and O–H groups in total. The van der Waals surface area contributed by atoms with Crippen molar-refractivity contribution >= 4 is 62.2 Å². The van der Waals surface area contributed by atoms with Crippen LogP contribution in [0.2, 0.25) is 5.02 Å². The van der Waals surface area contributed by atoms with E-state index in [0.717, 1.165) is 17.4 Å². The number of ether oxygens (including phenoxy) is 3. The molecule has 0 aliphatic heterocycles. The summed E-state index contributed by atoms with van der Waals surface area (Å²) in [6.45, 7) is 7.79. The molecule has 0 bridgehead atoms. The average Bonchev–Trinajstić information content (AvgIpc) is 3.10. The minimum Gasteiger partial charge on any atom is -0.495 e. The highest BCUT2D eigenvalue weighted by molar-refractivity contribution is 7.92. The number of anilines is 3. The smallest absolute Gasteiger partial charge is 0.273 e. The van der Waals surface area contributed by atoms with Gasteiger partial charge in [-0.1, -0.05) is 42.3 Å². The van der Waals surface area contributed by atoms with E-state index in [-0.39, 0.29) is 39.0 Å². The molecule has 0 aromatic heterocycles. The van der Waals surface area contributed by atoms with Crippen LogP contribution in [-0.2, 0) is 19.6 Å². The first kappa shape index (κ1) is 40.2. The van der Waals surface area contributed by atoms with Crippen molar-refractivity contribution in [3.63, 3.8) is 0 Å². The van der Waals surface area contributed by atoms with Crippen LogP contribution in [0.1, 0.15) is 52.1 Å². The standard InChI is InChI=1S/C38H41ClN4O9S/c1-7-31(52-32-16-12-22(3)18-23(32)4)37(46)41-26-10-9-11-27(21-26)51-35(34(44)24-14-17-33(50-5)30(19-24)43-53(6,48)49)38(47)42-29-20-25(13-15-28(29)39)36(45)40-8-2/h9-21,31,35,43H,7-8H2,1-6H3,(H,40,45)(H,41,46)(H,42,47). The van der Waals surface area contributed by atoms with E-state index in [1.54, 1.807) is 19.1 Å². The monoisotopic (exact) mass is 764 g/mol. The van der Waals surface area contributed by atoms with E-state index in [9.17, 15) is 27.6 Å². The van der Waals surface area contributed by atoms with Crippen molar-refractivity contribution in [1.29, 1.82) is 0 Å². The fourth-order valence-electron chi connectivity index (χ4n) is 5.15. The van der Waals surface area contributed by atoms with Gasteiger partial charge in [0.25, 0.3) is 17.7 Å². The number of methoxy groups -OCH3 is 1. The van der Waals surface area contributed by atoms with Crippen LogP contribution in [0.5, 0.6) is 17.2 Å². The SMILES string of the molecule is CCNC(=O)c1ccc(Cl)c(NC(=O)C(Oc2cccc(NC(=O)C(CC)Oc3ccc(C)cc3C)c2)C(=O)c2ccc(OC)c(NS(C)(=O)=O)c2)c1. The highest BCUT2D eigenvalue weighted by atomic mass is 35.5. The van der Waals surface area contributed by atoms with E-state index in [2.05, 4.69) is 20.7 Å². The third-order valence-corrected chi connectivity index (χ3v) is 8.62. The Morgan fingerprint density at radius 2 is 1.49 bits per heavy atom. The number of sulfonamides is 1. The van der Waals surface area contributed by atoms with E-state index in [1.165, 1.54) is 55.6 Å². The van der Waals surface area contributed by atoms with Gasteiger partial charge >= 0.3 is 0 Å². The Morgan fingerprint density at radius 3 is 2.15 bits per heavy atom. The van der Waals surface area contributed by atoms with Crippen LogP contribution in [0.3, 0.4) is 0 Å². The van der Waals surface area contributed by atoms with Crippen LogP contribution in [0, 0.1) is 13.8 Å². The second-order valence-corrected chi connectivity index (χ2v) is 14.2. The summed E-state index contributed by atoms with van der Waals surface area (Å²) in [5, 5.41) is 8.12. The predicted molar refractivity (Wildman–Crippen MR) is 204 cm³/mol. The molecule has 280 valence electrons. The number of amides is 3. The minimum atomic E-state index is -3.79. The van der Waals surface area contributed by atoms with Gasteiger partial charge in [-0.05, 0) is 87.4 Å². The van der Waals surface area contributed by atoms with E-state index < -0.39 is 45.7 Å². The minimum absolute atomic E-state index is 0.0322. The Balaban J connectivity index is 1.66. The van der Waals surface area contributed by atoms with Crippen LogP contribution in [-0.4, -0.2) is 64.0 Å². The zero-order chi connectivity index (χ0) is 38.9. The Kier molecular flexibility index (Phi) is 13.5.